The van der Waals surface area contributed by atoms with Gasteiger partial charge in [-0.2, -0.15) is 16.9 Å². The van der Waals surface area contributed by atoms with Crippen molar-refractivity contribution in [1.29, 1.82) is 0 Å². The molecule has 0 amide bonds. The Labute approximate surface area is 89.3 Å². The van der Waals surface area contributed by atoms with Crippen LogP contribution in [-0.4, -0.2) is 40.3 Å². The van der Waals surface area contributed by atoms with Crippen LogP contribution in [0.15, 0.2) is 6.33 Å². The third-order valence-corrected chi connectivity index (χ3v) is 2.63. The summed E-state index contributed by atoms with van der Waals surface area (Å²) in [5, 5.41) is 10.1. The molecule has 2 N–H and O–H groups in total. The lowest BCUT2D eigenvalue weighted by Crippen LogP contribution is -2.17. The van der Waals surface area contributed by atoms with Crippen LogP contribution in [0.5, 0.6) is 0 Å². The van der Waals surface area contributed by atoms with E-state index < -0.39 is 0 Å². The Morgan fingerprint density at radius 3 is 3.00 bits per heavy atom. The first-order chi connectivity index (χ1) is 6.93. The van der Waals surface area contributed by atoms with Crippen molar-refractivity contribution in [3.63, 3.8) is 0 Å². The molecule has 0 radical (unpaired) electrons. The minimum Gasteiger partial charge on any atom is -0.317 e. The molecule has 0 spiro atoms. The molecular weight excluding hydrogens is 196 g/mol. The maximum Gasteiger partial charge on any atom is 0.137 e. The molecule has 80 valence electrons. The second-order valence-electron chi connectivity index (χ2n) is 3.13. The fourth-order valence-corrected chi connectivity index (χ4v) is 1.63. The third-order valence-electron chi connectivity index (χ3n) is 1.93. The van der Waals surface area contributed by atoms with Gasteiger partial charge in [-0.15, -0.1) is 0 Å². The van der Waals surface area contributed by atoms with Gasteiger partial charge in [0.2, 0.25) is 0 Å². The van der Waals surface area contributed by atoms with Crippen LogP contribution in [0.2, 0.25) is 0 Å². The van der Waals surface area contributed by atoms with E-state index in [9.17, 15) is 0 Å². The minimum atomic E-state index is 0.982. The average molecular weight is 214 g/mol. The molecule has 1 rings (SSSR count). The van der Waals surface area contributed by atoms with Crippen molar-refractivity contribution in [2.45, 2.75) is 19.3 Å². The lowest BCUT2D eigenvalue weighted by molar-refractivity contribution is 0.633. The molecule has 0 unspecified atom stereocenters. The van der Waals surface area contributed by atoms with Crippen molar-refractivity contribution >= 4 is 11.8 Å². The lowest BCUT2D eigenvalue weighted by Gasteiger charge is -2.02. The number of aryl methyl sites for hydroxylation is 1. The number of nitrogens with zero attached hydrogens (tertiary/aromatic N) is 2. The Morgan fingerprint density at radius 2 is 2.29 bits per heavy atom. The molecule has 0 aromatic carbocycles. The molecule has 0 aliphatic carbocycles. The van der Waals surface area contributed by atoms with E-state index in [0.717, 1.165) is 31.8 Å². The molecule has 14 heavy (non-hydrogen) atoms. The molecule has 1 aromatic heterocycles. The standard InChI is InChI=1S/C9H18N4S/c1-14-7-3-6-10-5-2-4-9-11-8-12-13-9/h8,10H,2-7H2,1H3,(H,11,12,13). The van der Waals surface area contributed by atoms with Crippen LogP contribution in [0, 0.1) is 0 Å². The lowest BCUT2D eigenvalue weighted by atomic mass is 10.3. The second-order valence-corrected chi connectivity index (χ2v) is 4.12. The second kappa shape index (κ2) is 7.82. The molecule has 0 bridgehead atoms. The SMILES string of the molecule is CSCCCNCCCc1ncn[nH]1. The molecule has 0 atom stereocenters. The van der Waals surface area contributed by atoms with Gasteiger partial charge in [0.25, 0.3) is 0 Å². The van der Waals surface area contributed by atoms with E-state index >= 15 is 0 Å². The highest BCUT2D eigenvalue weighted by atomic mass is 32.2. The number of H-pyrrole nitrogens is 1. The van der Waals surface area contributed by atoms with Crippen molar-refractivity contribution in [1.82, 2.24) is 20.5 Å². The van der Waals surface area contributed by atoms with Crippen LogP contribution in [0.4, 0.5) is 0 Å². The topological polar surface area (TPSA) is 53.6 Å². The van der Waals surface area contributed by atoms with Gasteiger partial charge in [0.15, 0.2) is 0 Å². The summed E-state index contributed by atoms with van der Waals surface area (Å²) in [6.07, 6.45) is 7.05. The Morgan fingerprint density at radius 1 is 1.43 bits per heavy atom. The van der Waals surface area contributed by atoms with Crippen molar-refractivity contribution in [3.8, 4) is 0 Å². The van der Waals surface area contributed by atoms with Gasteiger partial charge < -0.3 is 5.32 Å². The molecular formula is C9H18N4S. The van der Waals surface area contributed by atoms with Crippen LogP contribution >= 0.6 is 11.8 Å². The number of rotatable bonds is 8. The summed E-state index contributed by atoms with van der Waals surface area (Å²) in [6, 6.07) is 0. The summed E-state index contributed by atoms with van der Waals surface area (Å²) in [7, 11) is 0. The average Bonchev–Trinajstić information content (AvgIpc) is 2.69. The number of hydrogen-bond donors (Lipinski definition) is 2. The monoisotopic (exact) mass is 214 g/mol. The van der Waals surface area contributed by atoms with Crippen LogP contribution in [-0.2, 0) is 6.42 Å². The van der Waals surface area contributed by atoms with E-state index in [4.69, 9.17) is 0 Å². The predicted octanol–water partition coefficient (Wildman–Crippen LogP) is 1.08. The number of thioether (sulfide) groups is 1. The first-order valence-electron chi connectivity index (χ1n) is 4.97. The highest BCUT2D eigenvalue weighted by Crippen LogP contribution is 1.94. The molecule has 4 nitrogen and oxygen atoms in total. The van der Waals surface area contributed by atoms with Gasteiger partial charge in [-0.05, 0) is 37.9 Å². The van der Waals surface area contributed by atoms with Gasteiger partial charge in [-0.3, -0.25) is 5.10 Å². The quantitative estimate of drug-likeness (QED) is 0.636. The molecule has 0 aliphatic rings. The largest absolute Gasteiger partial charge is 0.317 e. The maximum absolute atomic E-state index is 4.07. The minimum absolute atomic E-state index is 0.982. The first-order valence-corrected chi connectivity index (χ1v) is 6.37. The van der Waals surface area contributed by atoms with E-state index in [1.54, 1.807) is 6.33 Å². The van der Waals surface area contributed by atoms with Gasteiger partial charge in [0.1, 0.15) is 12.2 Å². The summed E-state index contributed by atoms with van der Waals surface area (Å²) in [4.78, 5) is 4.07. The molecule has 0 saturated carbocycles. The maximum atomic E-state index is 4.07. The van der Waals surface area contributed by atoms with Gasteiger partial charge in [-0.25, -0.2) is 4.98 Å². The summed E-state index contributed by atoms with van der Waals surface area (Å²) < 4.78 is 0. The fraction of sp³-hybridized carbons (Fsp3) is 0.778. The number of hydrogen-bond acceptors (Lipinski definition) is 4. The summed E-state index contributed by atoms with van der Waals surface area (Å²) >= 11 is 1.90. The van der Waals surface area contributed by atoms with E-state index in [0.29, 0.717) is 0 Å². The number of aromatic amines is 1. The molecule has 1 heterocycles. The summed E-state index contributed by atoms with van der Waals surface area (Å²) in [5.41, 5.74) is 0. The first kappa shape index (κ1) is 11.5. The van der Waals surface area contributed by atoms with E-state index in [-0.39, 0.29) is 0 Å². The highest BCUT2D eigenvalue weighted by Gasteiger charge is 1.94. The molecule has 5 heteroatoms. The van der Waals surface area contributed by atoms with Crippen LogP contribution in [0.1, 0.15) is 18.7 Å². The van der Waals surface area contributed by atoms with Crippen LogP contribution < -0.4 is 5.32 Å². The summed E-state index contributed by atoms with van der Waals surface area (Å²) in [5.74, 6) is 2.23. The van der Waals surface area contributed by atoms with Gasteiger partial charge in [0.05, 0.1) is 0 Å². The number of aromatic nitrogens is 3. The van der Waals surface area contributed by atoms with Crippen molar-refractivity contribution in [2.24, 2.45) is 0 Å². The van der Waals surface area contributed by atoms with Crippen molar-refractivity contribution in [3.05, 3.63) is 12.2 Å². The predicted molar refractivity (Wildman–Crippen MR) is 60.6 cm³/mol. The normalized spacial score (nSPS) is 10.6. The highest BCUT2D eigenvalue weighted by molar-refractivity contribution is 7.98. The van der Waals surface area contributed by atoms with Gasteiger partial charge in [0, 0.05) is 6.42 Å². The Bertz CT molecular complexity index is 213. The third kappa shape index (κ3) is 5.24. The van der Waals surface area contributed by atoms with Crippen molar-refractivity contribution in [2.75, 3.05) is 25.1 Å². The molecule has 0 aliphatic heterocycles. The molecule has 0 fully saturated rings. The van der Waals surface area contributed by atoms with Gasteiger partial charge in [-0.1, -0.05) is 0 Å². The Balaban J connectivity index is 1.85. The molecule has 0 saturated heterocycles. The zero-order chi connectivity index (χ0) is 10.1. The van der Waals surface area contributed by atoms with E-state index in [1.807, 2.05) is 11.8 Å². The smallest absolute Gasteiger partial charge is 0.137 e. The fourth-order valence-electron chi connectivity index (χ4n) is 1.20. The Hall–Kier alpha value is -0.550. The van der Waals surface area contributed by atoms with E-state index in [2.05, 4.69) is 26.8 Å². The summed E-state index contributed by atoms with van der Waals surface area (Å²) in [6.45, 7) is 2.19. The van der Waals surface area contributed by atoms with E-state index in [1.165, 1.54) is 12.2 Å². The van der Waals surface area contributed by atoms with Crippen LogP contribution in [0.3, 0.4) is 0 Å². The molecule has 1 aromatic rings. The van der Waals surface area contributed by atoms with Crippen molar-refractivity contribution < 1.29 is 0 Å². The van der Waals surface area contributed by atoms with Gasteiger partial charge >= 0.3 is 0 Å². The Kier molecular flexibility index (Phi) is 6.43. The zero-order valence-electron chi connectivity index (χ0n) is 8.62. The number of nitrogens with one attached hydrogen (secondary N) is 2. The van der Waals surface area contributed by atoms with Crippen LogP contribution in [0.25, 0.3) is 0 Å². The zero-order valence-corrected chi connectivity index (χ0v) is 9.44.